The van der Waals surface area contributed by atoms with Gasteiger partial charge in [-0.05, 0) is 16.3 Å². The van der Waals surface area contributed by atoms with Crippen LogP contribution in [0.15, 0.2) is 36.4 Å². The lowest BCUT2D eigenvalue weighted by Crippen LogP contribution is -2.10. The summed E-state index contributed by atoms with van der Waals surface area (Å²) in [6.07, 6.45) is -0.199. The summed E-state index contributed by atoms with van der Waals surface area (Å²) in [7, 11) is 1.29. The van der Waals surface area contributed by atoms with Gasteiger partial charge in [0.05, 0.1) is 19.1 Å². The zero-order valence-corrected chi connectivity index (χ0v) is 9.84. The number of hydrogen-bond donors (Lipinski definition) is 1. The van der Waals surface area contributed by atoms with Gasteiger partial charge < -0.3 is 9.84 Å². The maximum absolute atomic E-state index is 11.8. The average Bonchev–Trinajstić information content (AvgIpc) is 2.37. The van der Waals surface area contributed by atoms with Gasteiger partial charge in [-0.1, -0.05) is 36.4 Å². The van der Waals surface area contributed by atoms with Crippen molar-refractivity contribution in [1.29, 1.82) is 0 Å². The Hall–Kier alpha value is -2.36. The van der Waals surface area contributed by atoms with E-state index in [0.717, 1.165) is 5.39 Å². The molecule has 1 N–H and O–H groups in total. The van der Waals surface area contributed by atoms with E-state index in [4.69, 9.17) is 9.84 Å². The van der Waals surface area contributed by atoms with Crippen LogP contribution in [-0.2, 0) is 16.0 Å². The number of rotatable bonds is 3. The Morgan fingerprint density at radius 2 is 1.89 bits per heavy atom. The predicted molar refractivity (Wildman–Crippen MR) is 66.6 cm³/mol. The molecule has 2 aromatic rings. The molecule has 0 spiro atoms. The molecule has 0 aliphatic heterocycles. The molecule has 4 nitrogen and oxygen atoms in total. The Morgan fingerprint density at radius 1 is 1.17 bits per heavy atom. The molecule has 0 fully saturated rings. The third kappa shape index (κ3) is 2.18. The summed E-state index contributed by atoms with van der Waals surface area (Å²) < 4.78 is 4.73. The third-order valence-electron chi connectivity index (χ3n) is 2.75. The highest BCUT2D eigenvalue weighted by Gasteiger charge is 2.17. The lowest BCUT2D eigenvalue weighted by Gasteiger charge is -2.09. The predicted octanol–water partition coefficient (Wildman–Crippen LogP) is 2.25. The van der Waals surface area contributed by atoms with Crippen LogP contribution >= 0.6 is 0 Å². The van der Waals surface area contributed by atoms with E-state index < -0.39 is 11.9 Å². The number of hydrogen-bond acceptors (Lipinski definition) is 3. The van der Waals surface area contributed by atoms with Gasteiger partial charge in [-0.3, -0.25) is 4.79 Å². The van der Waals surface area contributed by atoms with E-state index in [9.17, 15) is 9.59 Å². The summed E-state index contributed by atoms with van der Waals surface area (Å²) in [5, 5.41) is 10.5. The number of esters is 1. The van der Waals surface area contributed by atoms with E-state index in [2.05, 4.69) is 0 Å². The highest BCUT2D eigenvalue weighted by molar-refractivity contribution is 6.06. The van der Waals surface area contributed by atoms with Crippen LogP contribution in [0.4, 0.5) is 0 Å². The van der Waals surface area contributed by atoms with E-state index in [0.29, 0.717) is 16.5 Å². The smallest absolute Gasteiger partial charge is 0.338 e. The number of aliphatic carboxylic acids is 1. The second kappa shape index (κ2) is 4.87. The lowest BCUT2D eigenvalue weighted by atomic mass is 9.97. The molecular weight excluding hydrogens is 232 g/mol. The lowest BCUT2D eigenvalue weighted by molar-refractivity contribution is -0.136. The second-order valence-corrected chi connectivity index (χ2v) is 3.88. The quantitative estimate of drug-likeness (QED) is 0.841. The minimum atomic E-state index is -0.976. The van der Waals surface area contributed by atoms with Crippen molar-refractivity contribution in [3.63, 3.8) is 0 Å². The fourth-order valence-electron chi connectivity index (χ4n) is 1.97. The van der Waals surface area contributed by atoms with Crippen molar-refractivity contribution in [1.82, 2.24) is 0 Å². The van der Waals surface area contributed by atoms with Crippen LogP contribution in [0.1, 0.15) is 15.9 Å². The number of carbonyl (C=O) groups excluding carboxylic acids is 1. The second-order valence-electron chi connectivity index (χ2n) is 3.88. The fraction of sp³-hybridized carbons (Fsp3) is 0.143. The molecule has 92 valence electrons. The van der Waals surface area contributed by atoms with Gasteiger partial charge in [0.25, 0.3) is 0 Å². The third-order valence-corrected chi connectivity index (χ3v) is 2.75. The maximum atomic E-state index is 11.8. The average molecular weight is 244 g/mol. The van der Waals surface area contributed by atoms with Gasteiger partial charge in [0.2, 0.25) is 0 Å². The number of carboxylic acid groups (broad SMARTS) is 1. The summed E-state index contributed by atoms with van der Waals surface area (Å²) >= 11 is 0. The summed E-state index contributed by atoms with van der Waals surface area (Å²) in [6, 6.07) is 10.8. The molecule has 4 heteroatoms. The van der Waals surface area contributed by atoms with Crippen molar-refractivity contribution in [3.05, 3.63) is 47.5 Å². The van der Waals surface area contributed by atoms with Gasteiger partial charge in [-0.25, -0.2) is 4.79 Å². The monoisotopic (exact) mass is 244 g/mol. The van der Waals surface area contributed by atoms with E-state index in [1.165, 1.54) is 7.11 Å². The van der Waals surface area contributed by atoms with E-state index >= 15 is 0 Å². The molecule has 2 aromatic carbocycles. The van der Waals surface area contributed by atoms with Gasteiger partial charge in [0.1, 0.15) is 0 Å². The number of carbonyl (C=O) groups is 2. The molecule has 0 saturated carbocycles. The normalized spacial score (nSPS) is 10.3. The first-order valence-corrected chi connectivity index (χ1v) is 5.44. The molecule has 0 aromatic heterocycles. The molecule has 0 amide bonds. The van der Waals surface area contributed by atoms with Gasteiger partial charge in [-0.2, -0.15) is 0 Å². The summed E-state index contributed by atoms with van der Waals surface area (Å²) in [5.41, 5.74) is 0.797. The Kier molecular flexibility index (Phi) is 3.28. The molecule has 18 heavy (non-hydrogen) atoms. The first-order valence-electron chi connectivity index (χ1n) is 5.44. The highest BCUT2D eigenvalue weighted by atomic mass is 16.5. The van der Waals surface area contributed by atoms with Crippen molar-refractivity contribution in [2.45, 2.75) is 6.42 Å². The zero-order chi connectivity index (χ0) is 13.1. The molecule has 0 saturated heterocycles. The summed E-state index contributed by atoms with van der Waals surface area (Å²) in [6.45, 7) is 0. The number of methoxy groups -OCH3 is 1. The van der Waals surface area contributed by atoms with E-state index in [1.54, 1.807) is 24.3 Å². The van der Waals surface area contributed by atoms with Gasteiger partial charge in [0.15, 0.2) is 0 Å². The maximum Gasteiger partial charge on any atom is 0.338 e. The van der Waals surface area contributed by atoms with Crippen LogP contribution in [0.5, 0.6) is 0 Å². The molecule has 0 bridgehead atoms. The standard InChI is InChI=1S/C14H12O4/c1-18-14(17)13-10(8-12(15)16)7-6-9-4-2-3-5-11(9)13/h2-7H,8H2,1H3,(H,15,16). The van der Waals surface area contributed by atoms with Crippen LogP contribution in [0.25, 0.3) is 10.8 Å². The molecule has 0 aliphatic rings. The molecule has 0 heterocycles. The molecule has 0 aliphatic carbocycles. The van der Waals surface area contributed by atoms with Crippen LogP contribution < -0.4 is 0 Å². The first-order chi connectivity index (χ1) is 8.63. The Morgan fingerprint density at radius 3 is 2.56 bits per heavy atom. The van der Waals surface area contributed by atoms with Crippen molar-refractivity contribution in [3.8, 4) is 0 Å². The molecule has 0 atom stereocenters. The van der Waals surface area contributed by atoms with E-state index in [1.807, 2.05) is 12.1 Å². The largest absolute Gasteiger partial charge is 0.481 e. The molecule has 0 unspecified atom stereocenters. The minimum absolute atomic E-state index is 0.199. The van der Waals surface area contributed by atoms with Crippen LogP contribution in [0.3, 0.4) is 0 Å². The number of carboxylic acids is 1. The molecule has 2 rings (SSSR count). The van der Waals surface area contributed by atoms with Crippen molar-refractivity contribution < 1.29 is 19.4 Å². The van der Waals surface area contributed by atoms with Crippen molar-refractivity contribution >= 4 is 22.7 Å². The van der Waals surface area contributed by atoms with Gasteiger partial charge >= 0.3 is 11.9 Å². The SMILES string of the molecule is COC(=O)c1c(CC(=O)O)ccc2ccccc12. The van der Waals surface area contributed by atoms with Crippen LogP contribution in [0, 0.1) is 0 Å². The Bertz CT molecular complexity index is 616. The number of ether oxygens (including phenoxy) is 1. The van der Waals surface area contributed by atoms with E-state index in [-0.39, 0.29) is 6.42 Å². The topological polar surface area (TPSA) is 63.6 Å². The number of fused-ring (bicyclic) bond motifs is 1. The Labute approximate surface area is 104 Å². The molecule has 0 radical (unpaired) electrons. The minimum Gasteiger partial charge on any atom is -0.481 e. The Balaban J connectivity index is 2.70. The number of benzene rings is 2. The van der Waals surface area contributed by atoms with Crippen molar-refractivity contribution in [2.75, 3.05) is 7.11 Å². The highest BCUT2D eigenvalue weighted by Crippen LogP contribution is 2.23. The molecular formula is C14H12O4. The van der Waals surface area contributed by atoms with Crippen LogP contribution in [0.2, 0.25) is 0 Å². The van der Waals surface area contributed by atoms with Gasteiger partial charge in [-0.15, -0.1) is 0 Å². The summed E-state index contributed by atoms with van der Waals surface area (Å²) in [5.74, 6) is -1.49. The zero-order valence-electron chi connectivity index (χ0n) is 9.84. The first kappa shape index (κ1) is 12.1. The van der Waals surface area contributed by atoms with Gasteiger partial charge in [0, 0.05) is 0 Å². The fourth-order valence-corrected chi connectivity index (χ4v) is 1.97. The van der Waals surface area contributed by atoms with Crippen LogP contribution in [-0.4, -0.2) is 24.2 Å². The summed E-state index contributed by atoms with van der Waals surface area (Å²) in [4.78, 5) is 22.6. The van der Waals surface area contributed by atoms with Crippen molar-refractivity contribution in [2.24, 2.45) is 0 Å².